The predicted molar refractivity (Wildman–Crippen MR) is 102 cm³/mol. The summed E-state index contributed by atoms with van der Waals surface area (Å²) in [5.41, 5.74) is 4.70. The second kappa shape index (κ2) is 8.41. The number of carbonyl (C=O) groups is 1. The number of esters is 1. The monoisotopic (exact) mass is 347 g/mol. The molecule has 0 N–H and O–H groups in total. The van der Waals surface area contributed by atoms with E-state index in [0.717, 1.165) is 22.4 Å². The van der Waals surface area contributed by atoms with E-state index < -0.39 is 0 Å². The largest absolute Gasteiger partial charge is 0.462 e. The SMILES string of the molecule is CCOC(=O)c1cc(-c2ccccc2)c(-c2ccccc2)nc1COC. The van der Waals surface area contributed by atoms with E-state index in [2.05, 4.69) is 0 Å². The van der Waals surface area contributed by atoms with E-state index in [1.165, 1.54) is 0 Å². The third kappa shape index (κ3) is 3.81. The Morgan fingerprint density at radius 3 is 2.15 bits per heavy atom. The molecule has 0 aliphatic carbocycles. The normalized spacial score (nSPS) is 10.5. The van der Waals surface area contributed by atoms with Crippen molar-refractivity contribution in [1.29, 1.82) is 0 Å². The molecule has 0 amide bonds. The molecule has 0 radical (unpaired) electrons. The molecule has 0 bridgehead atoms. The molecule has 0 atom stereocenters. The van der Waals surface area contributed by atoms with Gasteiger partial charge in [0, 0.05) is 18.2 Å². The van der Waals surface area contributed by atoms with Crippen molar-refractivity contribution in [2.24, 2.45) is 0 Å². The zero-order valence-corrected chi connectivity index (χ0v) is 14.9. The molecule has 132 valence electrons. The minimum Gasteiger partial charge on any atom is -0.462 e. The van der Waals surface area contributed by atoms with Gasteiger partial charge in [-0.3, -0.25) is 0 Å². The number of pyridine rings is 1. The quantitative estimate of drug-likeness (QED) is 0.604. The lowest BCUT2D eigenvalue weighted by Gasteiger charge is -2.15. The average Bonchev–Trinajstić information content (AvgIpc) is 2.69. The first-order chi connectivity index (χ1) is 12.7. The maximum absolute atomic E-state index is 12.5. The highest BCUT2D eigenvalue weighted by atomic mass is 16.5. The van der Waals surface area contributed by atoms with Gasteiger partial charge in [-0.2, -0.15) is 0 Å². The molecule has 0 fully saturated rings. The van der Waals surface area contributed by atoms with Crippen LogP contribution in [0.15, 0.2) is 66.7 Å². The Bertz CT molecular complexity index is 877. The highest BCUT2D eigenvalue weighted by Crippen LogP contribution is 2.32. The van der Waals surface area contributed by atoms with Crippen molar-refractivity contribution < 1.29 is 14.3 Å². The van der Waals surface area contributed by atoms with Gasteiger partial charge in [-0.05, 0) is 18.6 Å². The van der Waals surface area contributed by atoms with Crippen molar-refractivity contribution in [2.75, 3.05) is 13.7 Å². The lowest BCUT2D eigenvalue weighted by Crippen LogP contribution is -2.12. The van der Waals surface area contributed by atoms with Gasteiger partial charge in [-0.1, -0.05) is 60.7 Å². The highest BCUT2D eigenvalue weighted by Gasteiger charge is 2.20. The summed E-state index contributed by atoms with van der Waals surface area (Å²) in [5, 5.41) is 0. The predicted octanol–water partition coefficient (Wildman–Crippen LogP) is 4.74. The van der Waals surface area contributed by atoms with Crippen LogP contribution in [0.4, 0.5) is 0 Å². The Kier molecular flexibility index (Phi) is 5.77. The Hall–Kier alpha value is -2.98. The molecule has 4 heteroatoms. The van der Waals surface area contributed by atoms with Crippen LogP contribution in [-0.4, -0.2) is 24.7 Å². The van der Waals surface area contributed by atoms with Crippen molar-refractivity contribution in [3.05, 3.63) is 78.0 Å². The molecule has 0 saturated carbocycles. The second-order valence-corrected chi connectivity index (χ2v) is 5.76. The number of ether oxygens (including phenoxy) is 2. The van der Waals surface area contributed by atoms with Gasteiger partial charge < -0.3 is 9.47 Å². The summed E-state index contributed by atoms with van der Waals surface area (Å²) in [4.78, 5) is 17.2. The molecular weight excluding hydrogens is 326 g/mol. The molecule has 26 heavy (non-hydrogen) atoms. The van der Waals surface area contributed by atoms with Gasteiger partial charge in [0.05, 0.1) is 30.2 Å². The molecule has 0 aliphatic heterocycles. The van der Waals surface area contributed by atoms with Gasteiger partial charge in [0.2, 0.25) is 0 Å². The van der Waals surface area contributed by atoms with Gasteiger partial charge in [-0.25, -0.2) is 9.78 Å². The first-order valence-electron chi connectivity index (χ1n) is 8.55. The van der Waals surface area contributed by atoms with E-state index >= 15 is 0 Å². The van der Waals surface area contributed by atoms with Crippen LogP contribution < -0.4 is 0 Å². The van der Waals surface area contributed by atoms with Crippen LogP contribution in [0.25, 0.3) is 22.4 Å². The van der Waals surface area contributed by atoms with E-state index in [1.54, 1.807) is 14.0 Å². The number of hydrogen-bond acceptors (Lipinski definition) is 4. The van der Waals surface area contributed by atoms with Crippen LogP contribution in [0.3, 0.4) is 0 Å². The number of rotatable bonds is 6. The molecular formula is C22H21NO3. The van der Waals surface area contributed by atoms with Gasteiger partial charge in [0.25, 0.3) is 0 Å². The third-order valence-electron chi connectivity index (χ3n) is 4.01. The number of benzene rings is 2. The minimum atomic E-state index is -0.385. The number of aromatic nitrogens is 1. The molecule has 2 aromatic carbocycles. The Balaban J connectivity index is 2.25. The van der Waals surface area contributed by atoms with Gasteiger partial charge in [0.1, 0.15) is 0 Å². The Labute approximate surface area is 153 Å². The zero-order chi connectivity index (χ0) is 18.4. The van der Waals surface area contributed by atoms with Crippen LogP contribution >= 0.6 is 0 Å². The van der Waals surface area contributed by atoms with Crippen molar-refractivity contribution in [2.45, 2.75) is 13.5 Å². The van der Waals surface area contributed by atoms with E-state index in [4.69, 9.17) is 14.5 Å². The molecule has 3 rings (SSSR count). The van der Waals surface area contributed by atoms with Crippen LogP contribution in [0.2, 0.25) is 0 Å². The van der Waals surface area contributed by atoms with Crippen molar-refractivity contribution in [1.82, 2.24) is 4.98 Å². The van der Waals surface area contributed by atoms with E-state index in [0.29, 0.717) is 17.9 Å². The standard InChI is InChI=1S/C22H21NO3/c1-3-26-22(24)19-14-18(16-10-6-4-7-11-16)21(23-20(19)15-25-2)17-12-8-5-9-13-17/h4-14H,3,15H2,1-2H3. The Morgan fingerprint density at radius 1 is 0.962 bits per heavy atom. The van der Waals surface area contributed by atoms with Crippen LogP contribution in [0.1, 0.15) is 23.0 Å². The van der Waals surface area contributed by atoms with Gasteiger partial charge in [-0.15, -0.1) is 0 Å². The first-order valence-corrected chi connectivity index (χ1v) is 8.55. The Morgan fingerprint density at radius 2 is 1.58 bits per heavy atom. The first kappa shape index (κ1) is 17.8. The molecule has 0 aliphatic rings. The summed E-state index contributed by atoms with van der Waals surface area (Å²) in [6.07, 6.45) is 0. The smallest absolute Gasteiger partial charge is 0.340 e. The van der Waals surface area contributed by atoms with Crippen molar-refractivity contribution >= 4 is 5.97 Å². The number of methoxy groups -OCH3 is 1. The fourth-order valence-electron chi connectivity index (χ4n) is 2.84. The summed E-state index contributed by atoms with van der Waals surface area (Å²) in [5.74, 6) is -0.385. The molecule has 1 aromatic heterocycles. The molecule has 4 nitrogen and oxygen atoms in total. The van der Waals surface area contributed by atoms with Crippen molar-refractivity contribution in [3.8, 4) is 22.4 Å². The summed E-state index contributed by atoms with van der Waals surface area (Å²) in [6.45, 7) is 2.34. The summed E-state index contributed by atoms with van der Waals surface area (Å²) >= 11 is 0. The van der Waals surface area contributed by atoms with Crippen molar-refractivity contribution in [3.63, 3.8) is 0 Å². The maximum atomic E-state index is 12.5. The van der Waals surface area contributed by atoms with Crippen LogP contribution in [0.5, 0.6) is 0 Å². The average molecular weight is 347 g/mol. The second-order valence-electron chi connectivity index (χ2n) is 5.76. The fourth-order valence-corrected chi connectivity index (χ4v) is 2.84. The zero-order valence-electron chi connectivity index (χ0n) is 14.9. The van der Waals surface area contributed by atoms with E-state index in [9.17, 15) is 4.79 Å². The number of hydrogen-bond donors (Lipinski definition) is 0. The third-order valence-corrected chi connectivity index (χ3v) is 4.01. The lowest BCUT2D eigenvalue weighted by atomic mass is 9.96. The summed E-state index contributed by atoms with van der Waals surface area (Å²) in [7, 11) is 1.59. The fraction of sp³-hybridized carbons (Fsp3) is 0.182. The highest BCUT2D eigenvalue weighted by molar-refractivity contribution is 5.94. The molecule has 0 unspecified atom stereocenters. The van der Waals surface area contributed by atoms with Gasteiger partial charge >= 0.3 is 5.97 Å². The van der Waals surface area contributed by atoms with Crippen LogP contribution in [-0.2, 0) is 16.1 Å². The summed E-state index contributed by atoms with van der Waals surface area (Å²) < 4.78 is 10.5. The van der Waals surface area contributed by atoms with Crippen LogP contribution in [0, 0.1) is 0 Å². The van der Waals surface area contributed by atoms with E-state index in [-0.39, 0.29) is 12.6 Å². The number of carbonyl (C=O) groups excluding carboxylic acids is 1. The molecule has 0 saturated heterocycles. The lowest BCUT2D eigenvalue weighted by molar-refractivity contribution is 0.0520. The molecule has 1 heterocycles. The molecule has 3 aromatic rings. The maximum Gasteiger partial charge on any atom is 0.340 e. The number of nitrogens with zero attached hydrogens (tertiary/aromatic N) is 1. The topological polar surface area (TPSA) is 48.4 Å². The summed E-state index contributed by atoms with van der Waals surface area (Å²) in [6, 6.07) is 21.7. The van der Waals surface area contributed by atoms with Gasteiger partial charge in [0.15, 0.2) is 0 Å². The minimum absolute atomic E-state index is 0.239. The van der Waals surface area contributed by atoms with E-state index in [1.807, 2.05) is 66.7 Å². The molecule has 0 spiro atoms.